The van der Waals surface area contributed by atoms with Gasteiger partial charge in [-0.3, -0.25) is 0 Å². The molecule has 0 atom stereocenters. The van der Waals surface area contributed by atoms with Crippen molar-refractivity contribution in [3.05, 3.63) is 22.4 Å². The average Bonchev–Trinajstić information content (AvgIpc) is 1.99. The Balaban J connectivity index is 3.27. The SMILES string of the molecule is CC(C)(C)[Si-](C)(C)c1cc(Cl)nc(Cl)c1. The predicted octanol–water partition coefficient (Wildman–Crippen LogP) is 4.10. The normalized spacial score (nSPS) is 13.0. The van der Waals surface area contributed by atoms with E-state index in [-0.39, 0.29) is 5.04 Å². The quantitative estimate of drug-likeness (QED) is 0.548. The van der Waals surface area contributed by atoms with Crippen LogP contribution in [0.1, 0.15) is 20.8 Å². The van der Waals surface area contributed by atoms with Crippen molar-refractivity contribution in [3.8, 4) is 0 Å². The van der Waals surface area contributed by atoms with Gasteiger partial charge in [0, 0.05) is 0 Å². The minimum absolute atomic E-state index is 0.279. The maximum absolute atomic E-state index is 5.93. The topological polar surface area (TPSA) is 12.9 Å². The average molecular weight is 262 g/mol. The summed E-state index contributed by atoms with van der Waals surface area (Å²) < 4.78 is 0. The van der Waals surface area contributed by atoms with Crippen LogP contribution in [0.4, 0.5) is 0 Å². The van der Waals surface area contributed by atoms with E-state index in [2.05, 4.69) is 38.8 Å². The van der Waals surface area contributed by atoms with Gasteiger partial charge in [-0.15, -0.1) is 13.1 Å². The van der Waals surface area contributed by atoms with Gasteiger partial charge < -0.3 is 0 Å². The van der Waals surface area contributed by atoms with Crippen LogP contribution in [0.3, 0.4) is 0 Å². The first-order valence-electron chi connectivity index (χ1n) is 4.98. The molecule has 0 N–H and O–H groups in total. The summed E-state index contributed by atoms with van der Waals surface area (Å²) >= 11 is 11.9. The summed E-state index contributed by atoms with van der Waals surface area (Å²) in [5.41, 5.74) is 0. The summed E-state index contributed by atoms with van der Waals surface area (Å²) in [5.74, 6) is 0. The van der Waals surface area contributed by atoms with Gasteiger partial charge in [-0.05, 0) is 0 Å². The van der Waals surface area contributed by atoms with Crippen LogP contribution in [0.2, 0.25) is 28.4 Å². The van der Waals surface area contributed by atoms with Crippen molar-refractivity contribution >= 4 is 36.5 Å². The highest BCUT2D eigenvalue weighted by Crippen LogP contribution is 2.35. The molecule has 0 bridgehead atoms. The lowest BCUT2D eigenvalue weighted by molar-refractivity contribution is 0.729. The number of halogens is 2. The summed E-state index contributed by atoms with van der Waals surface area (Å²) in [4.78, 5) is 3.98. The first-order chi connectivity index (χ1) is 6.64. The van der Waals surface area contributed by atoms with Crippen LogP contribution in [0.25, 0.3) is 0 Å². The highest BCUT2D eigenvalue weighted by molar-refractivity contribution is 6.92. The van der Waals surface area contributed by atoms with E-state index in [4.69, 9.17) is 23.2 Å². The molecule has 0 aliphatic rings. The Hall–Kier alpha value is -0.0531. The van der Waals surface area contributed by atoms with Crippen LogP contribution in [0.15, 0.2) is 12.1 Å². The summed E-state index contributed by atoms with van der Waals surface area (Å²) in [6, 6.07) is 3.90. The molecule has 0 aliphatic carbocycles. The van der Waals surface area contributed by atoms with Gasteiger partial charge in [-0.25, -0.2) is 4.98 Å². The first kappa shape index (κ1) is 13.0. The monoisotopic (exact) mass is 261 g/mol. The molecule has 0 radical (unpaired) electrons. The lowest BCUT2D eigenvalue weighted by Crippen LogP contribution is -2.49. The third kappa shape index (κ3) is 2.74. The molecule has 1 aromatic rings. The van der Waals surface area contributed by atoms with E-state index >= 15 is 0 Å². The molecule has 15 heavy (non-hydrogen) atoms. The predicted molar refractivity (Wildman–Crippen MR) is 71.1 cm³/mol. The molecule has 0 amide bonds. The number of aromatic nitrogens is 1. The van der Waals surface area contributed by atoms with Gasteiger partial charge in [0.2, 0.25) is 0 Å². The second-order valence-corrected chi connectivity index (χ2v) is 11.5. The first-order valence-corrected chi connectivity index (χ1v) is 8.74. The molecule has 85 valence electrons. The molecular weight excluding hydrogens is 245 g/mol. The lowest BCUT2D eigenvalue weighted by Gasteiger charge is -2.49. The van der Waals surface area contributed by atoms with E-state index in [0.717, 1.165) is 0 Å². The zero-order valence-corrected chi connectivity index (χ0v) is 12.4. The second kappa shape index (κ2) is 4.08. The lowest BCUT2D eigenvalue weighted by atomic mass is 10.2. The molecule has 1 nitrogen and oxygen atoms in total. The van der Waals surface area contributed by atoms with Crippen molar-refractivity contribution in [1.82, 2.24) is 4.98 Å². The fourth-order valence-corrected chi connectivity index (χ4v) is 3.76. The van der Waals surface area contributed by atoms with E-state index in [9.17, 15) is 0 Å². The Bertz CT molecular complexity index is 349. The maximum atomic E-state index is 5.93. The molecule has 0 aliphatic heterocycles. The largest absolute Gasteiger partial charge is 0.225 e. The number of rotatable bonds is 1. The molecule has 1 heterocycles. The molecule has 0 unspecified atom stereocenters. The summed E-state index contributed by atoms with van der Waals surface area (Å²) in [7, 11) is -1.55. The highest BCUT2D eigenvalue weighted by atomic mass is 35.5. The van der Waals surface area contributed by atoms with Crippen LogP contribution in [-0.2, 0) is 0 Å². The van der Waals surface area contributed by atoms with Crippen LogP contribution >= 0.6 is 23.2 Å². The van der Waals surface area contributed by atoms with Gasteiger partial charge in [-0.2, -0.15) is 18.3 Å². The smallest absolute Gasteiger partial charge is 0.128 e. The Morgan fingerprint density at radius 1 is 1.07 bits per heavy atom. The van der Waals surface area contributed by atoms with E-state index < -0.39 is 8.07 Å². The van der Waals surface area contributed by atoms with Crippen LogP contribution < -0.4 is 5.19 Å². The van der Waals surface area contributed by atoms with Crippen LogP contribution in [0, 0.1) is 0 Å². The van der Waals surface area contributed by atoms with Crippen molar-refractivity contribution in [1.29, 1.82) is 0 Å². The molecule has 0 spiro atoms. The summed E-state index contributed by atoms with van der Waals surface area (Å²) in [6.07, 6.45) is 0. The molecule has 1 rings (SSSR count). The van der Waals surface area contributed by atoms with Gasteiger partial charge in [0.15, 0.2) is 0 Å². The van der Waals surface area contributed by atoms with Crippen molar-refractivity contribution < 1.29 is 0 Å². The van der Waals surface area contributed by atoms with Gasteiger partial charge in [0.05, 0.1) is 0 Å². The molecular formula is C11H17Cl2NSi-. The molecule has 0 fully saturated rings. The Kier molecular flexibility index (Phi) is 3.54. The molecule has 4 heteroatoms. The third-order valence-electron chi connectivity index (χ3n) is 3.36. The van der Waals surface area contributed by atoms with Crippen LogP contribution in [-0.4, -0.2) is 13.1 Å². The van der Waals surface area contributed by atoms with E-state index in [0.29, 0.717) is 10.3 Å². The highest BCUT2D eigenvalue weighted by Gasteiger charge is 2.25. The molecule has 0 saturated carbocycles. The molecule has 0 saturated heterocycles. The summed E-state index contributed by atoms with van der Waals surface area (Å²) in [5, 5.41) is 2.52. The standard InChI is InChI=1S/C11H17Cl2NSi/c1-11(2,3)15(4,5)8-6-9(12)14-10(13)7-8/h6-7H,1-5H3/q-1. The van der Waals surface area contributed by atoms with Crippen molar-refractivity contribution in [2.75, 3.05) is 0 Å². The van der Waals surface area contributed by atoms with Crippen LogP contribution in [0.5, 0.6) is 0 Å². The fourth-order valence-electron chi connectivity index (χ4n) is 1.26. The minimum atomic E-state index is -1.55. The molecule has 1 aromatic heterocycles. The minimum Gasteiger partial charge on any atom is -0.225 e. The zero-order chi connectivity index (χ0) is 11.9. The molecule has 0 aromatic carbocycles. The number of nitrogens with zero attached hydrogens (tertiary/aromatic N) is 1. The van der Waals surface area contributed by atoms with Gasteiger partial charge in [0.25, 0.3) is 0 Å². The number of hydrogen-bond donors (Lipinski definition) is 0. The summed E-state index contributed by atoms with van der Waals surface area (Å²) in [6.45, 7) is 11.5. The zero-order valence-electron chi connectivity index (χ0n) is 9.86. The van der Waals surface area contributed by atoms with Gasteiger partial charge in [0.1, 0.15) is 10.3 Å². The Labute approximate surface area is 103 Å². The number of pyridine rings is 1. The van der Waals surface area contributed by atoms with Crippen molar-refractivity contribution in [3.63, 3.8) is 0 Å². The van der Waals surface area contributed by atoms with Gasteiger partial charge in [-0.1, -0.05) is 56.1 Å². The van der Waals surface area contributed by atoms with Gasteiger partial charge >= 0.3 is 0 Å². The fraction of sp³-hybridized carbons (Fsp3) is 0.545. The Morgan fingerprint density at radius 3 is 1.80 bits per heavy atom. The maximum Gasteiger partial charge on any atom is 0.128 e. The third-order valence-corrected chi connectivity index (χ3v) is 9.23. The van der Waals surface area contributed by atoms with Crippen molar-refractivity contribution in [2.24, 2.45) is 0 Å². The van der Waals surface area contributed by atoms with E-state index in [1.54, 1.807) is 0 Å². The van der Waals surface area contributed by atoms with E-state index in [1.807, 2.05) is 12.1 Å². The van der Waals surface area contributed by atoms with E-state index in [1.165, 1.54) is 5.19 Å². The second-order valence-electron chi connectivity index (χ2n) is 5.38. The van der Waals surface area contributed by atoms with Crippen molar-refractivity contribution in [2.45, 2.75) is 38.9 Å². The Morgan fingerprint density at radius 2 is 1.47 bits per heavy atom. The number of hydrogen-bond acceptors (Lipinski definition) is 1.